The highest BCUT2D eigenvalue weighted by Crippen LogP contribution is 2.32. The zero-order chi connectivity index (χ0) is 24.8. The minimum absolute atomic E-state index is 0.0316. The monoisotopic (exact) mass is 471 g/mol. The minimum Gasteiger partial charge on any atom is -0.353 e. The minimum atomic E-state index is 0.0316. The average molecular weight is 472 g/mol. The molecule has 4 rings (SSSR count). The molecule has 1 saturated carbocycles. The molecule has 2 aromatic carbocycles. The van der Waals surface area contributed by atoms with Crippen LogP contribution in [0.5, 0.6) is 0 Å². The Morgan fingerprint density at radius 3 is 2.40 bits per heavy atom. The SMILES string of the molecule is CCC(=O)N(C)Cc1c(-c2ccccc2)nc2ccccc2c1CC(=O)N[C@@H](C)C1CCCCC1. The molecule has 0 aliphatic heterocycles. The third-order valence-electron chi connectivity index (χ3n) is 7.37. The second kappa shape index (κ2) is 11.5. The van der Waals surface area contributed by atoms with E-state index in [-0.39, 0.29) is 24.3 Å². The van der Waals surface area contributed by atoms with Gasteiger partial charge in [-0.05, 0) is 37.3 Å². The number of carbonyl (C=O) groups excluding carboxylic acids is 2. The van der Waals surface area contributed by atoms with E-state index >= 15 is 0 Å². The lowest BCUT2D eigenvalue weighted by atomic mass is 9.84. The first-order valence-corrected chi connectivity index (χ1v) is 13.0. The van der Waals surface area contributed by atoms with Crippen LogP contribution in [0.25, 0.3) is 22.2 Å². The van der Waals surface area contributed by atoms with Crippen molar-refractivity contribution in [2.24, 2.45) is 5.92 Å². The Labute approximate surface area is 208 Å². The second-order valence-electron chi connectivity index (χ2n) is 9.84. The molecule has 3 aromatic rings. The standard InChI is InChI=1S/C30H37N3O2/c1-4-29(35)33(3)20-26-25(19-28(34)31-21(2)22-13-7-5-8-14-22)24-17-11-12-18-27(24)32-30(26)23-15-9-6-10-16-23/h6,9-12,15-18,21-22H,4-5,7-8,13-14,19-20H2,1-3H3,(H,31,34)/t21-/m0/s1. The predicted molar refractivity (Wildman–Crippen MR) is 142 cm³/mol. The summed E-state index contributed by atoms with van der Waals surface area (Å²) in [5.74, 6) is 0.650. The zero-order valence-electron chi connectivity index (χ0n) is 21.2. The molecule has 184 valence electrons. The third kappa shape index (κ3) is 5.90. The molecule has 1 fully saturated rings. The van der Waals surface area contributed by atoms with Crippen molar-refractivity contribution in [3.8, 4) is 11.3 Å². The largest absolute Gasteiger partial charge is 0.353 e. The summed E-state index contributed by atoms with van der Waals surface area (Å²) in [7, 11) is 1.82. The Morgan fingerprint density at radius 1 is 1.00 bits per heavy atom. The van der Waals surface area contributed by atoms with E-state index in [9.17, 15) is 9.59 Å². The maximum absolute atomic E-state index is 13.4. The number of carbonyl (C=O) groups is 2. The van der Waals surface area contributed by atoms with Crippen LogP contribution < -0.4 is 5.32 Å². The molecule has 0 unspecified atom stereocenters. The van der Waals surface area contributed by atoms with E-state index in [4.69, 9.17) is 4.98 Å². The normalized spacial score (nSPS) is 15.1. The number of amides is 2. The van der Waals surface area contributed by atoms with Gasteiger partial charge in [0.2, 0.25) is 11.8 Å². The number of para-hydroxylation sites is 1. The summed E-state index contributed by atoms with van der Waals surface area (Å²) >= 11 is 0. The van der Waals surface area contributed by atoms with Crippen molar-refractivity contribution in [1.29, 1.82) is 0 Å². The first-order valence-electron chi connectivity index (χ1n) is 13.0. The maximum Gasteiger partial charge on any atom is 0.224 e. The van der Waals surface area contributed by atoms with Crippen LogP contribution in [0.15, 0.2) is 54.6 Å². The molecular formula is C30H37N3O2. The Balaban J connectivity index is 1.75. The van der Waals surface area contributed by atoms with E-state index < -0.39 is 0 Å². The maximum atomic E-state index is 13.4. The van der Waals surface area contributed by atoms with Crippen LogP contribution in [0.2, 0.25) is 0 Å². The first kappa shape index (κ1) is 24.9. The quantitative estimate of drug-likeness (QED) is 0.445. The molecule has 0 radical (unpaired) electrons. The van der Waals surface area contributed by atoms with E-state index in [0.29, 0.717) is 18.9 Å². The molecule has 1 aromatic heterocycles. The molecule has 2 amide bonds. The fourth-order valence-electron chi connectivity index (χ4n) is 5.34. The van der Waals surface area contributed by atoms with E-state index in [1.807, 2.05) is 68.6 Å². The molecular weight excluding hydrogens is 434 g/mol. The van der Waals surface area contributed by atoms with Crippen molar-refractivity contribution >= 4 is 22.7 Å². The highest BCUT2D eigenvalue weighted by molar-refractivity contribution is 5.92. The van der Waals surface area contributed by atoms with Gasteiger partial charge < -0.3 is 10.2 Å². The molecule has 1 heterocycles. The number of hydrogen-bond acceptors (Lipinski definition) is 3. The zero-order valence-corrected chi connectivity index (χ0v) is 21.2. The van der Waals surface area contributed by atoms with Crippen molar-refractivity contribution in [3.05, 3.63) is 65.7 Å². The van der Waals surface area contributed by atoms with Crippen LogP contribution in [0.1, 0.15) is 63.5 Å². The van der Waals surface area contributed by atoms with Gasteiger partial charge in [-0.2, -0.15) is 0 Å². The molecule has 1 N–H and O–H groups in total. The molecule has 1 atom stereocenters. The van der Waals surface area contributed by atoms with Crippen LogP contribution in [-0.2, 0) is 22.6 Å². The van der Waals surface area contributed by atoms with Crippen LogP contribution in [-0.4, -0.2) is 34.8 Å². The Hall–Kier alpha value is -3.21. The summed E-state index contributed by atoms with van der Waals surface area (Å²) < 4.78 is 0. The van der Waals surface area contributed by atoms with Crippen LogP contribution >= 0.6 is 0 Å². The fraction of sp³-hybridized carbons (Fsp3) is 0.433. The van der Waals surface area contributed by atoms with Gasteiger partial charge in [0.25, 0.3) is 0 Å². The summed E-state index contributed by atoms with van der Waals surface area (Å²) in [5, 5.41) is 4.27. The number of fused-ring (bicyclic) bond motifs is 1. The molecule has 0 bridgehead atoms. The number of benzene rings is 2. The lowest BCUT2D eigenvalue weighted by Gasteiger charge is -2.28. The number of rotatable bonds is 8. The summed E-state index contributed by atoms with van der Waals surface area (Å²) in [5.41, 5.74) is 4.59. The highest BCUT2D eigenvalue weighted by atomic mass is 16.2. The van der Waals surface area contributed by atoms with Gasteiger partial charge in [-0.1, -0.05) is 74.7 Å². The Bertz CT molecular complexity index is 1170. The summed E-state index contributed by atoms with van der Waals surface area (Å²) in [6.07, 6.45) is 6.89. The molecule has 5 nitrogen and oxygen atoms in total. The Kier molecular flexibility index (Phi) is 8.17. The van der Waals surface area contributed by atoms with Gasteiger partial charge in [0.15, 0.2) is 0 Å². The van der Waals surface area contributed by atoms with Crippen LogP contribution in [0.4, 0.5) is 0 Å². The number of hydrogen-bond donors (Lipinski definition) is 1. The third-order valence-corrected chi connectivity index (χ3v) is 7.37. The first-order chi connectivity index (χ1) is 17.0. The van der Waals surface area contributed by atoms with Crippen molar-refractivity contribution in [2.75, 3.05) is 7.05 Å². The lowest BCUT2D eigenvalue weighted by Crippen LogP contribution is -2.39. The smallest absolute Gasteiger partial charge is 0.224 e. The van der Waals surface area contributed by atoms with E-state index in [2.05, 4.69) is 12.2 Å². The van der Waals surface area contributed by atoms with Gasteiger partial charge in [-0.25, -0.2) is 4.98 Å². The van der Waals surface area contributed by atoms with Crippen molar-refractivity contribution in [3.63, 3.8) is 0 Å². The van der Waals surface area contributed by atoms with Crippen molar-refractivity contribution in [1.82, 2.24) is 15.2 Å². The summed E-state index contributed by atoms with van der Waals surface area (Å²) in [6.45, 7) is 4.43. The van der Waals surface area contributed by atoms with Gasteiger partial charge in [0.1, 0.15) is 0 Å². The van der Waals surface area contributed by atoms with Crippen LogP contribution in [0.3, 0.4) is 0 Å². The van der Waals surface area contributed by atoms with Gasteiger partial charge >= 0.3 is 0 Å². The van der Waals surface area contributed by atoms with E-state index in [1.54, 1.807) is 4.90 Å². The molecule has 5 heteroatoms. The topological polar surface area (TPSA) is 62.3 Å². The number of pyridine rings is 1. The van der Waals surface area contributed by atoms with Gasteiger partial charge in [-0.15, -0.1) is 0 Å². The molecule has 0 saturated heterocycles. The van der Waals surface area contributed by atoms with Crippen LogP contribution in [0, 0.1) is 5.92 Å². The summed E-state index contributed by atoms with van der Waals surface area (Å²) in [6, 6.07) is 18.2. The molecule has 0 spiro atoms. The number of nitrogens with one attached hydrogen (secondary N) is 1. The number of nitrogens with zero attached hydrogens (tertiary/aromatic N) is 2. The van der Waals surface area contributed by atoms with Gasteiger partial charge in [-0.3, -0.25) is 9.59 Å². The molecule has 35 heavy (non-hydrogen) atoms. The predicted octanol–water partition coefficient (Wildman–Crippen LogP) is 5.90. The number of aromatic nitrogens is 1. The van der Waals surface area contributed by atoms with Gasteiger partial charge in [0.05, 0.1) is 17.6 Å². The Morgan fingerprint density at radius 2 is 1.69 bits per heavy atom. The molecule has 1 aliphatic rings. The van der Waals surface area contributed by atoms with Crippen molar-refractivity contribution in [2.45, 2.75) is 71.4 Å². The highest BCUT2D eigenvalue weighted by Gasteiger charge is 2.24. The van der Waals surface area contributed by atoms with Gasteiger partial charge in [0, 0.05) is 42.6 Å². The molecule has 1 aliphatic carbocycles. The van der Waals surface area contributed by atoms with Crippen molar-refractivity contribution < 1.29 is 9.59 Å². The van der Waals surface area contributed by atoms with E-state index in [0.717, 1.165) is 33.3 Å². The lowest BCUT2D eigenvalue weighted by molar-refractivity contribution is -0.130. The van der Waals surface area contributed by atoms with E-state index in [1.165, 1.54) is 32.1 Å². The fourth-order valence-corrected chi connectivity index (χ4v) is 5.34. The second-order valence-corrected chi connectivity index (χ2v) is 9.84. The summed E-state index contributed by atoms with van der Waals surface area (Å²) in [4.78, 5) is 32.6. The average Bonchev–Trinajstić information content (AvgIpc) is 2.90.